The number of nitrogens with zero attached hydrogens (tertiary/aromatic N) is 3. The third kappa shape index (κ3) is 6.88. The highest BCUT2D eigenvalue weighted by molar-refractivity contribution is 6.32. The summed E-state index contributed by atoms with van der Waals surface area (Å²) in [6.45, 7) is 9.26. The quantitative estimate of drug-likeness (QED) is 0.131. The zero-order chi connectivity index (χ0) is 40.6. The van der Waals surface area contributed by atoms with Crippen LogP contribution in [0.15, 0.2) is 29.3 Å². The van der Waals surface area contributed by atoms with Gasteiger partial charge in [-0.15, -0.1) is 0 Å². The summed E-state index contributed by atoms with van der Waals surface area (Å²) in [5.41, 5.74) is 4.06. The predicted molar refractivity (Wildman–Crippen MR) is 205 cm³/mol. The van der Waals surface area contributed by atoms with Crippen LogP contribution in [0.1, 0.15) is 73.9 Å². The van der Waals surface area contributed by atoms with Gasteiger partial charge in [0.15, 0.2) is 34.7 Å². The van der Waals surface area contributed by atoms with Crippen LogP contribution in [-0.4, -0.2) is 127 Å². The highest BCUT2D eigenvalue weighted by Crippen LogP contribution is 2.56. The molecule has 1 aliphatic heterocycles. The van der Waals surface area contributed by atoms with Crippen molar-refractivity contribution in [2.45, 2.75) is 70.1 Å². The molecule has 15 nitrogen and oxygen atoms in total. The number of morpholine rings is 1. The molecule has 15 heteroatoms. The lowest BCUT2D eigenvalue weighted by Crippen LogP contribution is -2.77. The number of aliphatic imine (C=N–C) groups is 1. The number of carbonyl (C=O) groups is 5. The average Bonchev–Trinajstić information content (AvgIpc) is 3.16. The van der Waals surface area contributed by atoms with Crippen molar-refractivity contribution in [1.82, 2.24) is 4.90 Å². The van der Waals surface area contributed by atoms with Crippen molar-refractivity contribution in [2.24, 2.45) is 34.4 Å². The molecule has 6 rings (SSSR count). The Morgan fingerprint density at radius 1 is 1.04 bits per heavy atom. The average molecular weight is 777 g/mol. The van der Waals surface area contributed by atoms with Gasteiger partial charge in [-0.05, 0) is 56.6 Å². The Bertz CT molecular complexity index is 1920. The van der Waals surface area contributed by atoms with Crippen LogP contribution in [0, 0.1) is 23.7 Å². The number of benzene rings is 2. The smallest absolute Gasteiger partial charge is 0.235 e. The van der Waals surface area contributed by atoms with E-state index in [1.54, 1.807) is 13.1 Å². The summed E-state index contributed by atoms with van der Waals surface area (Å²) in [6.07, 6.45) is 3.35. The minimum Gasteiger partial charge on any atom is -0.507 e. The number of amides is 1. The number of rotatable bonds is 13. The lowest BCUT2D eigenvalue weighted by Gasteiger charge is -2.56. The monoisotopic (exact) mass is 776 g/mol. The van der Waals surface area contributed by atoms with Crippen LogP contribution in [0.3, 0.4) is 0 Å². The summed E-state index contributed by atoms with van der Waals surface area (Å²) in [7, 11) is 2.90. The number of fused-ring (bicyclic) bond motifs is 3. The second-order valence-corrected chi connectivity index (χ2v) is 15.4. The predicted octanol–water partition coefficient (Wildman–Crippen LogP) is 2.34. The molecule has 3 unspecified atom stereocenters. The van der Waals surface area contributed by atoms with E-state index in [1.807, 2.05) is 12.1 Å². The van der Waals surface area contributed by atoms with Crippen LogP contribution in [0.25, 0.3) is 0 Å². The molecule has 0 bridgehead atoms. The zero-order valence-corrected chi connectivity index (χ0v) is 32.5. The maximum Gasteiger partial charge on any atom is 0.235 e. The molecule has 1 saturated heterocycles. The fourth-order valence-corrected chi connectivity index (χ4v) is 8.91. The number of unbranched alkanes of at least 4 members (excludes halogenated alkanes) is 2. The molecule has 2 aromatic carbocycles. The number of aliphatic hydroxyl groups excluding tert-OH is 1. The molecule has 5 N–H and O–H groups in total. The maximum absolute atomic E-state index is 14.4. The van der Waals surface area contributed by atoms with E-state index < -0.39 is 82.1 Å². The molecular weight excluding hydrogens is 724 g/mol. The molecule has 1 heterocycles. The van der Waals surface area contributed by atoms with E-state index in [2.05, 4.69) is 18.7 Å². The van der Waals surface area contributed by atoms with Crippen LogP contribution in [0.5, 0.6) is 17.2 Å². The van der Waals surface area contributed by atoms with Gasteiger partial charge in [-0.2, -0.15) is 0 Å². The van der Waals surface area contributed by atoms with E-state index in [0.29, 0.717) is 56.6 Å². The van der Waals surface area contributed by atoms with Crippen LogP contribution in [0.4, 0.5) is 11.4 Å². The number of hydrogen-bond acceptors (Lipinski definition) is 14. The second-order valence-electron chi connectivity index (χ2n) is 15.4. The van der Waals surface area contributed by atoms with E-state index in [4.69, 9.17) is 24.9 Å². The first-order valence-electron chi connectivity index (χ1n) is 19.4. The van der Waals surface area contributed by atoms with Crippen molar-refractivity contribution in [1.29, 1.82) is 0 Å². The summed E-state index contributed by atoms with van der Waals surface area (Å²) in [5, 5.41) is 35.2. The van der Waals surface area contributed by atoms with Gasteiger partial charge >= 0.3 is 0 Å². The van der Waals surface area contributed by atoms with Gasteiger partial charge < -0.3 is 40.2 Å². The molecule has 0 spiro atoms. The van der Waals surface area contributed by atoms with Gasteiger partial charge in [0, 0.05) is 36.9 Å². The molecule has 56 heavy (non-hydrogen) atoms. The zero-order valence-electron chi connectivity index (χ0n) is 32.5. The largest absolute Gasteiger partial charge is 0.507 e. The third-order valence-corrected chi connectivity index (χ3v) is 11.7. The Hall–Kier alpha value is -4.70. The highest BCUT2D eigenvalue weighted by Gasteiger charge is 2.73. The van der Waals surface area contributed by atoms with Crippen molar-refractivity contribution < 1.29 is 53.5 Å². The summed E-state index contributed by atoms with van der Waals surface area (Å²) in [5.74, 6) is -13.0. The number of anilines is 1. The number of hydrogen-bond donors (Lipinski definition) is 4. The minimum atomic E-state index is -3.08. The number of carbonyl (C=O) groups excluding carboxylic acids is 5. The molecule has 1 amide bonds. The standard InChI is InChI=1S/C41H52N4O11/c1-6-8-14-55-26-19-24(45-12-16-54-17-13-45)27(56-15-9-7-2)18-22(26)20-43-23-10-11-25(46)30-28(23)21(3)29-31(35(30)47)38(50)41(53)33(36(29)48)34(44(4)5)37(49)32(39(41)51)40(42)52/h10-11,18-21,29,31-34,36,46,48,53H,6-9,12-17H2,1-5H3,(H2,42,52)/t21?,29-,31?,32?,33-,34+,36+,41+/m0/s1. The van der Waals surface area contributed by atoms with Crippen molar-refractivity contribution in [3.8, 4) is 17.2 Å². The van der Waals surface area contributed by atoms with Gasteiger partial charge in [-0.1, -0.05) is 33.6 Å². The van der Waals surface area contributed by atoms with E-state index >= 15 is 0 Å². The fourth-order valence-electron chi connectivity index (χ4n) is 8.91. The van der Waals surface area contributed by atoms with E-state index in [9.17, 15) is 39.3 Å². The Morgan fingerprint density at radius 2 is 1.68 bits per heavy atom. The number of primary amides is 1. The Labute approximate surface area is 325 Å². The number of nitrogens with two attached hydrogens (primary N) is 1. The minimum absolute atomic E-state index is 0.239. The number of aromatic hydroxyl groups is 1. The molecular formula is C41H52N4O11. The first-order valence-corrected chi connectivity index (χ1v) is 19.4. The SMILES string of the molecule is CCCCOc1cc(N2CCOCC2)c(OCCCC)cc1C=Nc1ccc(O)c2c1C(C)[C@H]1C(C2=O)C(=O)[C@@]2(O)C(=O)C(C(N)=O)C(=O)[C@H](N(C)C)[C@H]2[C@@H]1O. The third-order valence-electron chi connectivity index (χ3n) is 11.7. The van der Waals surface area contributed by atoms with Crippen LogP contribution < -0.4 is 20.1 Å². The first kappa shape index (κ1) is 40.9. The second kappa shape index (κ2) is 16.4. The Kier molecular flexibility index (Phi) is 12.0. The molecule has 4 aliphatic rings. The van der Waals surface area contributed by atoms with Gasteiger partial charge in [0.25, 0.3) is 0 Å². The van der Waals surface area contributed by atoms with E-state index in [1.165, 1.54) is 31.1 Å². The van der Waals surface area contributed by atoms with E-state index in [-0.39, 0.29) is 16.8 Å². The Morgan fingerprint density at radius 3 is 2.29 bits per heavy atom. The molecule has 302 valence electrons. The number of phenols is 1. The molecule has 2 saturated carbocycles. The summed E-state index contributed by atoms with van der Waals surface area (Å²) in [6, 6.07) is 5.13. The van der Waals surface area contributed by atoms with Gasteiger partial charge in [-0.25, -0.2) is 0 Å². The van der Waals surface area contributed by atoms with Crippen molar-refractivity contribution in [3.05, 3.63) is 41.0 Å². The topological polar surface area (TPSA) is 219 Å². The molecule has 0 aromatic heterocycles. The van der Waals surface area contributed by atoms with Gasteiger partial charge in [0.2, 0.25) is 5.91 Å². The molecule has 2 aromatic rings. The normalized spacial score (nSPS) is 29.0. The van der Waals surface area contributed by atoms with E-state index in [0.717, 1.165) is 31.4 Å². The van der Waals surface area contributed by atoms with Crippen LogP contribution >= 0.6 is 0 Å². The van der Waals surface area contributed by atoms with Crippen molar-refractivity contribution >= 4 is 46.6 Å². The van der Waals surface area contributed by atoms with Gasteiger partial charge in [0.05, 0.1) is 67.3 Å². The highest BCUT2D eigenvalue weighted by atomic mass is 16.5. The van der Waals surface area contributed by atoms with Gasteiger partial charge in [-0.3, -0.25) is 33.9 Å². The van der Waals surface area contributed by atoms with Gasteiger partial charge in [0.1, 0.15) is 17.2 Å². The summed E-state index contributed by atoms with van der Waals surface area (Å²) < 4.78 is 18.2. The number of ketones is 4. The van der Waals surface area contributed by atoms with Crippen molar-refractivity contribution in [2.75, 3.05) is 58.5 Å². The maximum atomic E-state index is 14.4. The van der Waals surface area contributed by atoms with Crippen LogP contribution in [-0.2, 0) is 23.9 Å². The first-order chi connectivity index (χ1) is 26.7. The number of likely N-dealkylation sites (N-methyl/N-ethyl adjacent to an activating group) is 1. The Balaban J connectivity index is 1.45. The molecule has 3 fully saturated rings. The molecule has 3 aliphatic carbocycles. The number of phenolic OH excluding ortho intramolecular Hbond substituents is 1. The number of Topliss-reactive ketones (excluding diaryl/α,β-unsaturated/α-hetero) is 4. The lowest BCUT2D eigenvalue weighted by molar-refractivity contribution is -0.196. The molecule has 0 radical (unpaired) electrons. The molecule has 8 atom stereocenters. The number of aliphatic hydroxyl groups is 2. The summed E-state index contributed by atoms with van der Waals surface area (Å²) >= 11 is 0. The number of ether oxygens (including phenoxy) is 3. The fraction of sp³-hybridized carbons (Fsp3) is 0.561. The summed E-state index contributed by atoms with van der Waals surface area (Å²) in [4.78, 5) is 76.7. The lowest BCUT2D eigenvalue weighted by atomic mass is 9.49. The van der Waals surface area contributed by atoms with Crippen LogP contribution in [0.2, 0.25) is 0 Å². The van der Waals surface area contributed by atoms with Crippen molar-refractivity contribution in [3.63, 3.8) is 0 Å².